The summed E-state index contributed by atoms with van der Waals surface area (Å²) in [6, 6.07) is 4.10. The highest BCUT2D eigenvalue weighted by Gasteiger charge is 2.30. The van der Waals surface area contributed by atoms with Gasteiger partial charge in [0.15, 0.2) is 16.8 Å². The van der Waals surface area contributed by atoms with Crippen molar-refractivity contribution in [2.24, 2.45) is 5.92 Å². The number of halogens is 4. The van der Waals surface area contributed by atoms with Crippen LogP contribution in [0.3, 0.4) is 0 Å². The van der Waals surface area contributed by atoms with Gasteiger partial charge in [0.2, 0.25) is 5.78 Å². The van der Waals surface area contributed by atoms with Crippen LogP contribution in [-0.2, 0) is 11.0 Å². The van der Waals surface area contributed by atoms with Crippen LogP contribution in [0.4, 0.5) is 29.1 Å². The number of anilines is 2. The lowest BCUT2D eigenvalue weighted by molar-refractivity contribution is 0.103. The molecule has 0 radical (unpaired) electrons. The summed E-state index contributed by atoms with van der Waals surface area (Å²) in [4.78, 5) is 23.9. The predicted octanol–water partition coefficient (Wildman–Crippen LogP) is 5.09. The minimum atomic E-state index is -2.44. The second-order valence-corrected chi connectivity index (χ2v) is 9.66. The molecule has 5 rings (SSSR count). The third-order valence-corrected chi connectivity index (χ3v) is 7.14. The van der Waals surface area contributed by atoms with E-state index in [0.29, 0.717) is 23.4 Å². The Morgan fingerprint density at radius 3 is 2.61 bits per heavy atom. The molecule has 1 aliphatic rings. The van der Waals surface area contributed by atoms with Crippen molar-refractivity contribution < 1.29 is 26.6 Å². The molecule has 12 heteroatoms. The Morgan fingerprint density at radius 1 is 1.11 bits per heavy atom. The minimum absolute atomic E-state index is 0.0663. The Hall–Kier alpha value is -3.80. The largest absolute Gasteiger partial charge is 0.367 e. The van der Waals surface area contributed by atoms with Crippen molar-refractivity contribution in [1.29, 1.82) is 0 Å². The Labute approximate surface area is 204 Å². The number of nitrogens with zero attached hydrogens (tertiary/aromatic N) is 2. The summed E-state index contributed by atoms with van der Waals surface area (Å²) in [6.07, 6.45) is 4.73. The summed E-state index contributed by atoms with van der Waals surface area (Å²) in [5.41, 5.74) is -1.21. The number of hydrogen-bond donors (Lipinski definition) is 3. The van der Waals surface area contributed by atoms with E-state index in [2.05, 4.69) is 25.0 Å². The molecule has 2 atom stereocenters. The van der Waals surface area contributed by atoms with Crippen molar-refractivity contribution in [2.45, 2.75) is 30.7 Å². The first kappa shape index (κ1) is 23.9. The van der Waals surface area contributed by atoms with Crippen molar-refractivity contribution in [2.75, 3.05) is 10.0 Å². The molecule has 36 heavy (non-hydrogen) atoms. The van der Waals surface area contributed by atoms with Crippen molar-refractivity contribution >= 4 is 39.3 Å². The summed E-state index contributed by atoms with van der Waals surface area (Å²) < 4.78 is 72.3. The molecule has 0 saturated heterocycles. The number of ketones is 1. The van der Waals surface area contributed by atoms with Gasteiger partial charge in [0, 0.05) is 12.2 Å². The van der Waals surface area contributed by atoms with E-state index < -0.39 is 56.2 Å². The molecule has 0 aliphatic heterocycles. The van der Waals surface area contributed by atoms with Crippen molar-refractivity contribution in [3.05, 3.63) is 77.3 Å². The molecule has 186 valence electrons. The third kappa shape index (κ3) is 4.43. The van der Waals surface area contributed by atoms with Crippen molar-refractivity contribution in [3.8, 4) is 0 Å². The number of fused-ring (bicyclic) bond motifs is 1. The lowest BCUT2D eigenvalue weighted by Crippen LogP contribution is -2.19. The first-order valence-corrected chi connectivity index (χ1v) is 12.1. The lowest BCUT2D eigenvalue weighted by atomic mass is 10.0. The summed E-state index contributed by atoms with van der Waals surface area (Å²) in [6.45, 7) is 1.98. The highest BCUT2D eigenvalue weighted by Crippen LogP contribution is 2.35. The highest BCUT2D eigenvalue weighted by atomic mass is 32.2. The quantitative estimate of drug-likeness (QED) is 0.223. The molecule has 2 unspecified atom stereocenters. The normalized spacial score (nSPS) is 15.0. The average molecular weight is 518 g/mol. The number of benzene rings is 2. The van der Waals surface area contributed by atoms with Gasteiger partial charge >= 0.3 is 0 Å². The van der Waals surface area contributed by atoms with E-state index in [-0.39, 0.29) is 17.0 Å². The average Bonchev–Trinajstić information content (AvgIpc) is 3.61. The zero-order chi connectivity index (χ0) is 25.6. The lowest BCUT2D eigenvalue weighted by Gasteiger charge is -2.15. The van der Waals surface area contributed by atoms with Crippen molar-refractivity contribution in [3.63, 3.8) is 0 Å². The van der Waals surface area contributed by atoms with Gasteiger partial charge in [-0.2, -0.15) is 0 Å². The van der Waals surface area contributed by atoms with Crippen LogP contribution in [0.5, 0.6) is 0 Å². The van der Waals surface area contributed by atoms with Crippen LogP contribution in [-0.4, -0.2) is 31.0 Å². The number of nitrogens with one attached hydrogen (secondary N) is 3. The van der Waals surface area contributed by atoms with Crippen LogP contribution in [0, 0.1) is 29.2 Å². The maximum absolute atomic E-state index is 15.4. The summed E-state index contributed by atoms with van der Waals surface area (Å²) in [5, 5.41) is 3.52. The van der Waals surface area contributed by atoms with Gasteiger partial charge in [0.25, 0.3) is 0 Å². The third-order valence-electron chi connectivity index (χ3n) is 6.02. The Morgan fingerprint density at radius 2 is 1.86 bits per heavy atom. The topological polar surface area (TPSA) is 99.8 Å². The fourth-order valence-electron chi connectivity index (χ4n) is 3.93. The highest BCUT2D eigenvalue weighted by molar-refractivity contribution is 7.86. The SMILES string of the molecule is CC(Nc1ncnc2[nH]cc(C(=O)c3c(F)ccc(NS(=O)c4cc(F)ccc4F)c3F)c12)C1CC1. The van der Waals surface area contributed by atoms with E-state index >= 15 is 4.39 Å². The monoisotopic (exact) mass is 517 g/mol. The molecule has 0 amide bonds. The van der Waals surface area contributed by atoms with Gasteiger partial charge < -0.3 is 10.3 Å². The maximum atomic E-state index is 15.4. The molecule has 3 N–H and O–H groups in total. The van der Waals surface area contributed by atoms with Crippen LogP contribution in [0.2, 0.25) is 0 Å². The van der Waals surface area contributed by atoms with E-state index in [0.717, 1.165) is 37.1 Å². The standard InChI is InChI=1S/C24H19F4N5O2S/c1-11(12-2-3-12)32-24-19-14(9-29-23(19)30-10-31-24)22(34)20-16(27)6-7-17(21(20)28)33-36(35)18-8-13(25)4-5-15(18)26/h4-12,33H,2-3H2,1H3,(H2,29,30,31,32). The second-order valence-electron chi connectivity index (χ2n) is 8.48. The Kier molecular flexibility index (Phi) is 6.20. The van der Waals surface area contributed by atoms with Crippen molar-refractivity contribution in [1.82, 2.24) is 15.0 Å². The maximum Gasteiger partial charge on any atom is 0.201 e. The first-order valence-electron chi connectivity index (χ1n) is 11.0. The number of carbonyl (C=O) groups excluding carboxylic acids is 1. The summed E-state index contributed by atoms with van der Waals surface area (Å²) >= 11 is 0. The van der Waals surface area contributed by atoms with Crippen LogP contribution in [0.15, 0.2) is 47.8 Å². The van der Waals surface area contributed by atoms with E-state index in [9.17, 15) is 22.2 Å². The number of H-pyrrole nitrogens is 1. The fraction of sp³-hybridized carbons (Fsp3) is 0.208. The number of carbonyl (C=O) groups is 1. The van der Waals surface area contributed by atoms with E-state index in [1.807, 2.05) is 6.92 Å². The molecular formula is C24H19F4N5O2S. The molecule has 2 aromatic carbocycles. The molecule has 1 saturated carbocycles. The molecule has 4 aromatic rings. The van der Waals surface area contributed by atoms with E-state index in [1.54, 1.807) is 0 Å². The van der Waals surface area contributed by atoms with Crippen LogP contribution in [0.1, 0.15) is 35.7 Å². The minimum Gasteiger partial charge on any atom is -0.367 e. The fourth-order valence-corrected chi connectivity index (χ4v) is 4.86. The van der Waals surface area contributed by atoms with Crippen LogP contribution in [0.25, 0.3) is 11.0 Å². The van der Waals surface area contributed by atoms with Gasteiger partial charge in [-0.3, -0.25) is 9.52 Å². The van der Waals surface area contributed by atoms with Gasteiger partial charge in [-0.1, -0.05) is 0 Å². The number of hydrogen-bond acceptors (Lipinski definition) is 5. The predicted molar refractivity (Wildman–Crippen MR) is 126 cm³/mol. The first-order chi connectivity index (χ1) is 17.2. The zero-order valence-electron chi connectivity index (χ0n) is 18.7. The van der Waals surface area contributed by atoms with Gasteiger partial charge in [-0.15, -0.1) is 0 Å². The summed E-state index contributed by atoms with van der Waals surface area (Å²) in [7, 11) is -2.44. The zero-order valence-corrected chi connectivity index (χ0v) is 19.6. The van der Waals surface area contributed by atoms with Crippen LogP contribution < -0.4 is 10.0 Å². The molecule has 0 spiro atoms. The number of aromatic nitrogens is 3. The Bertz CT molecular complexity index is 1520. The Balaban J connectivity index is 1.51. The smallest absolute Gasteiger partial charge is 0.201 e. The second kappa shape index (κ2) is 9.34. The van der Waals surface area contributed by atoms with Gasteiger partial charge in [0.1, 0.15) is 35.2 Å². The molecule has 2 aromatic heterocycles. The molecule has 1 aliphatic carbocycles. The van der Waals surface area contributed by atoms with Crippen LogP contribution >= 0.6 is 0 Å². The molecule has 1 fully saturated rings. The number of rotatable bonds is 8. The molecule has 7 nitrogen and oxygen atoms in total. The van der Waals surface area contributed by atoms with Gasteiger partial charge in [0.05, 0.1) is 27.1 Å². The van der Waals surface area contributed by atoms with Gasteiger partial charge in [-0.25, -0.2) is 31.7 Å². The molecule has 2 heterocycles. The van der Waals surface area contributed by atoms with E-state index in [4.69, 9.17) is 0 Å². The molecule has 0 bridgehead atoms. The molecular weight excluding hydrogens is 498 g/mol. The number of aromatic amines is 1. The summed E-state index contributed by atoms with van der Waals surface area (Å²) in [5.74, 6) is -4.51. The van der Waals surface area contributed by atoms with E-state index in [1.165, 1.54) is 12.5 Å². The van der Waals surface area contributed by atoms with Gasteiger partial charge in [-0.05, 0) is 56.0 Å².